The topological polar surface area (TPSA) is 70.8 Å². The Balaban J connectivity index is 1.25. The number of piperazine rings is 1. The van der Waals surface area contributed by atoms with Crippen LogP contribution in [0.4, 0.5) is 4.39 Å². The predicted octanol–water partition coefficient (Wildman–Crippen LogP) is 4.04. The quantitative estimate of drug-likeness (QED) is 0.422. The number of hydrogen-bond acceptors (Lipinski definition) is 6. The number of amides is 1. The largest absolute Gasteiger partial charge is 0.336 e. The van der Waals surface area contributed by atoms with E-state index < -0.39 is 0 Å². The highest BCUT2D eigenvalue weighted by molar-refractivity contribution is 7.19. The fraction of sp³-hybridized carbons (Fsp3) is 0.308. The first kappa shape index (κ1) is 23.3. The molecule has 7 nitrogen and oxygen atoms in total. The lowest BCUT2D eigenvalue weighted by Gasteiger charge is -2.34. The van der Waals surface area contributed by atoms with E-state index >= 15 is 0 Å². The van der Waals surface area contributed by atoms with E-state index in [9.17, 15) is 14.0 Å². The molecule has 2 aromatic heterocycles. The number of benzene rings is 2. The van der Waals surface area contributed by atoms with Crippen LogP contribution in [0, 0.1) is 5.82 Å². The maximum Gasteiger partial charge on any atom is 0.275 e. The van der Waals surface area contributed by atoms with Gasteiger partial charge >= 0.3 is 0 Å². The van der Waals surface area contributed by atoms with Gasteiger partial charge in [-0.2, -0.15) is 9.61 Å². The maximum absolute atomic E-state index is 14.2. The predicted molar refractivity (Wildman–Crippen MR) is 134 cm³/mol. The zero-order chi connectivity index (χ0) is 24.5. The van der Waals surface area contributed by atoms with Crippen LogP contribution in [0.2, 0.25) is 0 Å². The van der Waals surface area contributed by atoms with Crippen LogP contribution in [0.25, 0.3) is 15.5 Å². The Labute approximate surface area is 206 Å². The highest BCUT2D eigenvalue weighted by atomic mass is 32.1. The molecule has 4 aromatic rings. The molecule has 0 unspecified atom stereocenters. The van der Waals surface area contributed by atoms with Gasteiger partial charge in [0.1, 0.15) is 5.82 Å². The summed E-state index contributed by atoms with van der Waals surface area (Å²) in [5.41, 5.74) is 2.63. The molecular formula is C26H26FN5O2S. The highest BCUT2D eigenvalue weighted by Crippen LogP contribution is 2.26. The Bertz CT molecular complexity index is 1420. The van der Waals surface area contributed by atoms with Gasteiger partial charge in [-0.3, -0.25) is 14.5 Å². The van der Waals surface area contributed by atoms with Crippen molar-refractivity contribution in [1.82, 2.24) is 24.4 Å². The van der Waals surface area contributed by atoms with Crippen LogP contribution in [-0.2, 0) is 6.54 Å². The Morgan fingerprint density at radius 1 is 1.06 bits per heavy atom. The van der Waals surface area contributed by atoms with E-state index in [4.69, 9.17) is 0 Å². The molecule has 1 saturated heterocycles. The molecule has 9 heteroatoms. The van der Waals surface area contributed by atoms with Crippen molar-refractivity contribution in [3.8, 4) is 10.6 Å². The minimum absolute atomic E-state index is 0.0445. The van der Waals surface area contributed by atoms with Gasteiger partial charge < -0.3 is 4.90 Å². The number of carbonyl (C=O) groups is 1. The first-order valence-electron chi connectivity index (χ1n) is 11.7. The number of rotatable bonds is 5. The molecule has 5 rings (SSSR count). The lowest BCUT2D eigenvalue weighted by atomic mass is 10.0. The van der Waals surface area contributed by atoms with Gasteiger partial charge in [0.15, 0.2) is 5.01 Å². The first-order chi connectivity index (χ1) is 16.9. The summed E-state index contributed by atoms with van der Waals surface area (Å²) in [5, 5.41) is 4.68. The second-order valence-corrected chi connectivity index (χ2v) is 9.97. The lowest BCUT2D eigenvalue weighted by Crippen LogP contribution is -2.48. The van der Waals surface area contributed by atoms with Crippen LogP contribution >= 0.6 is 11.3 Å². The van der Waals surface area contributed by atoms with Crippen LogP contribution in [0.15, 0.2) is 59.4 Å². The molecule has 2 aromatic carbocycles. The van der Waals surface area contributed by atoms with E-state index in [1.165, 1.54) is 33.5 Å². The van der Waals surface area contributed by atoms with Gasteiger partial charge in [-0.05, 0) is 35.7 Å². The van der Waals surface area contributed by atoms with Gasteiger partial charge in [-0.1, -0.05) is 49.4 Å². The summed E-state index contributed by atoms with van der Waals surface area (Å²) in [5.74, 6) is 0.0887. The van der Waals surface area contributed by atoms with Crippen molar-refractivity contribution < 1.29 is 9.18 Å². The summed E-state index contributed by atoms with van der Waals surface area (Å²) in [4.78, 5) is 34.6. The van der Waals surface area contributed by atoms with Crippen LogP contribution in [-0.4, -0.2) is 56.5 Å². The third kappa shape index (κ3) is 4.87. The average Bonchev–Trinajstić information content (AvgIpc) is 3.29. The molecule has 1 fully saturated rings. The molecule has 180 valence electrons. The normalized spacial score (nSPS) is 14.7. The van der Waals surface area contributed by atoms with Crippen molar-refractivity contribution in [3.05, 3.63) is 87.6 Å². The summed E-state index contributed by atoms with van der Waals surface area (Å²) < 4.78 is 15.4. The number of carbonyl (C=O) groups excluding carboxylic acids is 1. The van der Waals surface area contributed by atoms with Gasteiger partial charge in [0.05, 0.1) is 5.69 Å². The molecule has 1 aliphatic rings. The average molecular weight is 492 g/mol. The van der Waals surface area contributed by atoms with Crippen molar-refractivity contribution in [2.75, 3.05) is 26.2 Å². The molecule has 0 radical (unpaired) electrons. The Kier molecular flexibility index (Phi) is 6.44. The van der Waals surface area contributed by atoms with E-state index in [1.54, 1.807) is 18.2 Å². The molecule has 1 amide bonds. The summed E-state index contributed by atoms with van der Waals surface area (Å²) >= 11 is 1.19. The molecule has 0 atom stereocenters. The molecule has 0 aliphatic carbocycles. The summed E-state index contributed by atoms with van der Waals surface area (Å²) in [6.07, 6.45) is 0. The second-order valence-electron chi connectivity index (χ2n) is 9.01. The molecule has 1 aliphatic heterocycles. The minimum atomic E-state index is -0.386. The number of halogens is 1. The maximum atomic E-state index is 14.2. The zero-order valence-electron chi connectivity index (χ0n) is 19.6. The summed E-state index contributed by atoms with van der Waals surface area (Å²) in [6.45, 7) is 7.39. The zero-order valence-corrected chi connectivity index (χ0v) is 20.5. The van der Waals surface area contributed by atoms with Gasteiger partial charge in [0.25, 0.3) is 11.5 Å². The van der Waals surface area contributed by atoms with Gasteiger partial charge in [0, 0.05) is 49.9 Å². The first-order valence-corrected chi connectivity index (χ1v) is 12.5. The second kappa shape index (κ2) is 9.67. The standard InChI is InChI=1S/C26H26FN5O2S/c1-17(2)18-7-9-19(10-8-18)25(34)31-13-11-30(12-14-31)16-20-15-23(33)32-26(28-20)35-24(29-32)21-5-3-4-6-22(21)27/h3-10,15,17H,11-14,16H2,1-2H3. The Hall–Kier alpha value is -3.43. The van der Waals surface area contributed by atoms with Crippen molar-refractivity contribution in [2.45, 2.75) is 26.3 Å². The Morgan fingerprint density at radius 2 is 1.77 bits per heavy atom. The van der Waals surface area contributed by atoms with E-state index in [-0.39, 0.29) is 17.3 Å². The molecule has 0 spiro atoms. The van der Waals surface area contributed by atoms with Crippen LogP contribution in [0.1, 0.15) is 41.4 Å². The van der Waals surface area contributed by atoms with Crippen molar-refractivity contribution in [3.63, 3.8) is 0 Å². The van der Waals surface area contributed by atoms with E-state index in [0.717, 1.165) is 0 Å². The van der Waals surface area contributed by atoms with Crippen LogP contribution < -0.4 is 5.56 Å². The fourth-order valence-corrected chi connectivity index (χ4v) is 5.16. The van der Waals surface area contributed by atoms with E-state index in [2.05, 4.69) is 28.8 Å². The van der Waals surface area contributed by atoms with Gasteiger partial charge in [-0.15, -0.1) is 0 Å². The summed E-state index contributed by atoms with van der Waals surface area (Å²) in [7, 11) is 0. The lowest BCUT2D eigenvalue weighted by molar-refractivity contribution is 0.0627. The number of hydrogen-bond donors (Lipinski definition) is 0. The highest BCUT2D eigenvalue weighted by Gasteiger charge is 2.23. The van der Waals surface area contributed by atoms with Gasteiger partial charge in [0.2, 0.25) is 4.96 Å². The molecule has 0 N–H and O–H groups in total. The smallest absolute Gasteiger partial charge is 0.275 e. The van der Waals surface area contributed by atoms with Gasteiger partial charge in [-0.25, -0.2) is 9.37 Å². The van der Waals surface area contributed by atoms with Crippen LogP contribution in [0.5, 0.6) is 0 Å². The molecule has 0 bridgehead atoms. The van der Waals surface area contributed by atoms with Crippen molar-refractivity contribution in [1.29, 1.82) is 0 Å². The third-order valence-corrected chi connectivity index (χ3v) is 7.21. The van der Waals surface area contributed by atoms with E-state index in [1.807, 2.05) is 29.2 Å². The van der Waals surface area contributed by atoms with Crippen molar-refractivity contribution >= 4 is 22.2 Å². The minimum Gasteiger partial charge on any atom is -0.336 e. The Morgan fingerprint density at radius 3 is 2.46 bits per heavy atom. The summed E-state index contributed by atoms with van der Waals surface area (Å²) in [6, 6.07) is 15.7. The third-order valence-electron chi connectivity index (χ3n) is 6.27. The molecule has 35 heavy (non-hydrogen) atoms. The van der Waals surface area contributed by atoms with E-state index in [0.29, 0.717) is 65.4 Å². The van der Waals surface area contributed by atoms with Crippen molar-refractivity contribution in [2.24, 2.45) is 0 Å². The fourth-order valence-electron chi connectivity index (χ4n) is 4.21. The van der Waals surface area contributed by atoms with Crippen LogP contribution in [0.3, 0.4) is 0 Å². The number of nitrogens with zero attached hydrogens (tertiary/aromatic N) is 5. The SMILES string of the molecule is CC(C)c1ccc(C(=O)N2CCN(Cc3cc(=O)n4nc(-c5ccccc5F)sc4n3)CC2)cc1. The monoisotopic (exact) mass is 491 g/mol. The molecule has 0 saturated carbocycles. The molecular weight excluding hydrogens is 465 g/mol. The number of aromatic nitrogens is 3. The molecule has 3 heterocycles. The number of fused-ring (bicyclic) bond motifs is 1.